The molecule has 0 aliphatic carbocycles. The Kier molecular flexibility index (Phi) is 4.49. The molecule has 3 heteroatoms. The summed E-state index contributed by atoms with van der Waals surface area (Å²) in [6.07, 6.45) is 3.30. The molecule has 0 unspecified atom stereocenters. The van der Waals surface area contributed by atoms with Crippen molar-refractivity contribution in [2.75, 3.05) is 19.0 Å². The van der Waals surface area contributed by atoms with Crippen molar-refractivity contribution >= 4 is 11.6 Å². The summed E-state index contributed by atoms with van der Waals surface area (Å²) in [5.41, 5.74) is 2.68. The van der Waals surface area contributed by atoms with Crippen LogP contribution in [0.4, 0.5) is 0 Å². The minimum absolute atomic E-state index is 0.727. The number of rotatable bonds is 5. The van der Waals surface area contributed by atoms with Gasteiger partial charge in [-0.2, -0.15) is 0 Å². The highest BCUT2D eigenvalue weighted by atomic mass is 35.5. The predicted octanol–water partition coefficient (Wildman–Crippen LogP) is 2.73. The third kappa shape index (κ3) is 3.13. The number of nitrogens with one attached hydrogen (secondary N) is 1. The van der Waals surface area contributed by atoms with Gasteiger partial charge in [0.1, 0.15) is 5.75 Å². The molecule has 16 heavy (non-hydrogen) atoms. The van der Waals surface area contributed by atoms with Gasteiger partial charge in [0.2, 0.25) is 0 Å². The highest BCUT2D eigenvalue weighted by molar-refractivity contribution is 6.17. The van der Waals surface area contributed by atoms with Crippen molar-refractivity contribution in [2.24, 2.45) is 0 Å². The largest absolute Gasteiger partial charge is 0.493 e. The minimum Gasteiger partial charge on any atom is -0.493 e. The Bertz CT molecular complexity index is 341. The lowest BCUT2D eigenvalue weighted by Crippen LogP contribution is -2.16. The van der Waals surface area contributed by atoms with Gasteiger partial charge in [-0.3, -0.25) is 0 Å². The van der Waals surface area contributed by atoms with Crippen LogP contribution in [-0.4, -0.2) is 19.0 Å². The fourth-order valence-corrected chi connectivity index (χ4v) is 2.08. The number of fused-ring (bicyclic) bond motifs is 1. The second-order valence-electron chi connectivity index (χ2n) is 4.11. The standard InChI is InChI=1S/C13H18ClNO/c14-6-2-7-15-10-11-4-5-13-12(9-11)3-1-8-16-13/h4-5,9,15H,1-3,6-8,10H2. The maximum absolute atomic E-state index is 5.62. The molecule has 0 saturated carbocycles. The smallest absolute Gasteiger partial charge is 0.122 e. The first-order valence-electron chi connectivity index (χ1n) is 5.91. The Balaban J connectivity index is 1.90. The number of benzene rings is 1. The summed E-state index contributed by atoms with van der Waals surface area (Å²) in [4.78, 5) is 0. The van der Waals surface area contributed by atoms with Crippen LogP contribution in [0.15, 0.2) is 18.2 Å². The maximum Gasteiger partial charge on any atom is 0.122 e. The lowest BCUT2D eigenvalue weighted by atomic mass is 10.0. The molecule has 0 aromatic heterocycles. The van der Waals surface area contributed by atoms with Crippen molar-refractivity contribution in [3.05, 3.63) is 29.3 Å². The summed E-state index contributed by atoms with van der Waals surface area (Å²) in [7, 11) is 0. The second kappa shape index (κ2) is 6.12. The van der Waals surface area contributed by atoms with E-state index in [9.17, 15) is 0 Å². The number of halogens is 1. The summed E-state index contributed by atoms with van der Waals surface area (Å²) in [6.45, 7) is 2.77. The quantitative estimate of drug-likeness (QED) is 0.630. The van der Waals surface area contributed by atoms with E-state index < -0.39 is 0 Å². The van der Waals surface area contributed by atoms with E-state index in [1.807, 2.05) is 0 Å². The fraction of sp³-hybridized carbons (Fsp3) is 0.538. The molecule has 0 bridgehead atoms. The van der Waals surface area contributed by atoms with E-state index in [-0.39, 0.29) is 0 Å². The Morgan fingerprint density at radius 2 is 2.31 bits per heavy atom. The van der Waals surface area contributed by atoms with Crippen molar-refractivity contribution in [1.82, 2.24) is 5.32 Å². The molecule has 2 rings (SSSR count). The van der Waals surface area contributed by atoms with Gasteiger partial charge in [-0.05, 0) is 43.0 Å². The van der Waals surface area contributed by atoms with Crippen molar-refractivity contribution in [3.63, 3.8) is 0 Å². The average Bonchev–Trinajstić information content (AvgIpc) is 2.34. The van der Waals surface area contributed by atoms with Gasteiger partial charge in [0.15, 0.2) is 0 Å². The third-order valence-corrected chi connectivity index (χ3v) is 3.06. The molecule has 1 aliphatic rings. The first-order valence-corrected chi connectivity index (χ1v) is 6.45. The number of ether oxygens (including phenoxy) is 1. The zero-order valence-corrected chi connectivity index (χ0v) is 10.2. The van der Waals surface area contributed by atoms with E-state index in [1.165, 1.54) is 11.1 Å². The van der Waals surface area contributed by atoms with Crippen LogP contribution in [-0.2, 0) is 13.0 Å². The summed E-state index contributed by atoms with van der Waals surface area (Å²) in [5.74, 6) is 1.79. The number of alkyl halides is 1. The molecule has 1 aliphatic heterocycles. The van der Waals surface area contributed by atoms with Crippen LogP contribution in [0.1, 0.15) is 24.0 Å². The van der Waals surface area contributed by atoms with E-state index >= 15 is 0 Å². The molecule has 2 nitrogen and oxygen atoms in total. The number of hydrogen-bond donors (Lipinski definition) is 1. The van der Waals surface area contributed by atoms with Gasteiger partial charge < -0.3 is 10.1 Å². The van der Waals surface area contributed by atoms with Crippen molar-refractivity contribution in [1.29, 1.82) is 0 Å². The lowest BCUT2D eigenvalue weighted by Gasteiger charge is -2.18. The Morgan fingerprint density at radius 1 is 1.38 bits per heavy atom. The van der Waals surface area contributed by atoms with Gasteiger partial charge in [-0.15, -0.1) is 11.6 Å². The maximum atomic E-state index is 5.62. The molecule has 1 N–H and O–H groups in total. The van der Waals surface area contributed by atoms with E-state index in [1.54, 1.807) is 0 Å². The molecule has 0 amide bonds. The highest BCUT2D eigenvalue weighted by Crippen LogP contribution is 2.25. The monoisotopic (exact) mass is 239 g/mol. The van der Waals surface area contributed by atoms with Gasteiger partial charge in [0.05, 0.1) is 6.61 Å². The topological polar surface area (TPSA) is 21.3 Å². The van der Waals surface area contributed by atoms with E-state index in [0.717, 1.165) is 50.6 Å². The zero-order valence-electron chi connectivity index (χ0n) is 9.47. The Hall–Kier alpha value is -0.730. The molecule has 0 saturated heterocycles. The summed E-state index contributed by atoms with van der Waals surface area (Å²) in [5, 5.41) is 3.38. The SMILES string of the molecule is ClCCCNCc1ccc2c(c1)CCCO2. The van der Waals surface area contributed by atoms with Crippen LogP contribution in [0.2, 0.25) is 0 Å². The minimum atomic E-state index is 0.727. The van der Waals surface area contributed by atoms with Gasteiger partial charge in [-0.25, -0.2) is 0 Å². The lowest BCUT2D eigenvalue weighted by molar-refractivity contribution is 0.288. The van der Waals surface area contributed by atoms with Crippen LogP contribution >= 0.6 is 11.6 Å². The summed E-state index contributed by atoms with van der Waals surface area (Å²) >= 11 is 5.62. The molecule has 1 heterocycles. The number of hydrogen-bond acceptors (Lipinski definition) is 2. The first-order chi connectivity index (χ1) is 7.90. The van der Waals surface area contributed by atoms with Gasteiger partial charge >= 0.3 is 0 Å². The van der Waals surface area contributed by atoms with Crippen LogP contribution in [0, 0.1) is 0 Å². The molecule has 1 aromatic rings. The van der Waals surface area contributed by atoms with Crippen LogP contribution in [0.3, 0.4) is 0 Å². The van der Waals surface area contributed by atoms with E-state index in [2.05, 4.69) is 23.5 Å². The molecular formula is C13H18ClNO. The number of aryl methyl sites for hydroxylation is 1. The summed E-state index contributed by atoms with van der Waals surface area (Å²) < 4.78 is 5.58. The average molecular weight is 240 g/mol. The molecule has 0 radical (unpaired) electrons. The normalized spacial score (nSPS) is 14.3. The van der Waals surface area contributed by atoms with Crippen molar-refractivity contribution in [2.45, 2.75) is 25.8 Å². The van der Waals surface area contributed by atoms with Crippen molar-refractivity contribution < 1.29 is 4.74 Å². The van der Waals surface area contributed by atoms with Gasteiger partial charge in [-0.1, -0.05) is 12.1 Å². The molecule has 1 aromatic carbocycles. The second-order valence-corrected chi connectivity index (χ2v) is 4.49. The Morgan fingerprint density at radius 3 is 3.19 bits per heavy atom. The zero-order chi connectivity index (χ0) is 11.2. The van der Waals surface area contributed by atoms with E-state index in [0.29, 0.717) is 0 Å². The van der Waals surface area contributed by atoms with Crippen LogP contribution in [0.5, 0.6) is 5.75 Å². The molecule has 0 atom stereocenters. The molecule has 0 fully saturated rings. The first kappa shape index (κ1) is 11.7. The van der Waals surface area contributed by atoms with Crippen LogP contribution in [0.25, 0.3) is 0 Å². The molecular weight excluding hydrogens is 222 g/mol. The van der Waals surface area contributed by atoms with Gasteiger partial charge in [0.25, 0.3) is 0 Å². The summed E-state index contributed by atoms with van der Waals surface area (Å²) in [6, 6.07) is 6.48. The third-order valence-electron chi connectivity index (χ3n) is 2.79. The van der Waals surface area contributed by atoms with Crippen LogP contribution < -0.4 is 10.1 Å². The van der Waals surface area contributed by atoms with E-state index in [4.69, 9.17) is 16.3 Å². The predicted molar refractivity (Wildman–Crippen MR) is 67.3 cm³/mol. The molecule has 0 spiro atoms. The molecule has 88 valence electrons. The van der Waals surface area contributed by atoms with Gasteiger partial charge in [0, 0.05) is 12.4 Å². The van der Waals surface area contributed by atoms with Crippen molar-refractivity contribution in [3.8, 4) is 5.75 Å². The fourth-order valence-electron chi connectivity index (χ4n) is 1.95. The highest BCUT2D eigenvalue weighted by Gasteiger charge is 2.09. The Labute approximate surface area is 102 Å².